The number of hydrogen-bond donors (Lipinski definition) is 0. The van der Waals surface area contributed by atoms with Crippen LogP contribution in [0.1, 0.15) is 101 Å². The Hall–Kier alpha value is -3.47. The van der Waals surface area contributed by atoms with Crippen molar-refractivity contribution in [2.45, 2.75) is 91.1 Å². The smallest absolute Gasteiger partial charge is 0.321 e. The fourth-order valence-corrected chi connectivity index (χ4v) is 4.77. The molecule has 0 amide bonds. The highest BCUT2D eigenvalue weighted by molar-refractivity contribution is 6.00. The monoisotopic (exact) mass is 530 g/mol. The summed E-state index contributed by atoms with van der Waals surface area (Å²) in [6.07, 6.45) is 14.1. The van der Waals surface area contributed by atoms with Gasteiger partial charge in [0.25, 0.3) is 0 Å². The Morgan fingerprint density at radius 3 is 2.21 bits per heavy atom. The Morgan fingerprint density at radius 2 is 1.56 bits per heavy atom. The van der Waals surface area contributed by atoms with E-state index in [4.69, 9.17) is 9.47 Å². The number of rotatable bonds is 15. The third-order valence-electron chi connectivity index (χ3n) is 7.27. The van der Waals surface area contributed by atoms with E-state index in [1.807, 2.05) is 37.3 Å². The Labute approximate surface area is 233 Å². The first-order valence-corrected chi connectivity index (χ1v) is 14.4. The van der Waals surface area contributed by atoms with Crippen LogP contribution in [0, 0.1) is 5.41 Å². The minimum Gasteiger partial charge on any atom is -0.454 e. The third kappa shape index (κ3) is 8.77. The van der Waals surface area contributed by atoms with Gasteiger partial charge in [-0.15, -0.1) is 0 Å². The highest BCUT2D eigenvalue weighted by Gasteiger charge is 2.38. The number of hydrogen-bond acceptors (Lipinski definition) is 5. The third-order valence-corrected chi connectivity index (χ3v) is 7.27. The van der Waals surface area contributed by atoms with E-state index >= 15 is 0 Å². The fraction of sp³-hybridized carbons (Fsp3) is 0.441. The second kappa shape index (κ2) is 15.2. The van der Waals surface area contributed by atoms with Crippen molar-refractivity contribution in [1.29, 1.82) is 0 Å². The summed E-state index contributed by atoms with van der Waals surface area (Å²) in [6, 6.07) is 16.6. The fourth-order valence-electron chi connectivity index (χ4n) is 4.77. The Kier molecular flexibility index (Phi) is 11.7. The summed E-state index contributed by atoms with van der Waals surface area (Å²) >= 11 is 0. The number of carbonyl (C=O) groups excluding carboxylic acids is 3. The van der Waals surface area contributed by atoms with Gasteiger partial charge in [0.1, 0.15) is 5.75 Å². The molecule has 1 aliphatic carbocycles. The summed E-state index contributed by atoms with van der Waals surface area (Å²) in [7, 11) is 0. The van der Waals surface area contributed by atoms with Crippen LogP contribution in [0.4, 0.5) is 0 Å². The molecule has 3 rings (SSSR count). The molecule has 2 atom stereocenters. The van der Waals surface area contributed by atoms with Gasteiger partial charge >= 0.3 is 11.9 Å². The van der Waals surface area contributed by atoms with Gasteiger partial charge in [-0.3, -0.25) is 14.4 Å². The summed E-state index contributed by atoms with van der Waals surface area (Å²) in [5, 5.41) is 0. The molecule has 0 fully saturated rings. The molecule has 0 saturated heterocycles. The molecule has 0 saturated carbocycles. The molecular formula is C34H42O5. The van der Waals surface area contributed by atoms with Crippen molar-refractivity contribution in [2.75, 3.05) is 0 Å². The molecule has 39 heavy (non-hydrogen) atoms. The van der Waals surface area contributed by atoms with E-state index < -0.39 is 11.5 Å². The molecule has 0 spiro atoms. The Morgan fingerprint density at radius 1 is 0.872 bits per heavy atom. The van der Waals surface area contributed by atoms with Crippen LogP contribution < -0.4 is 4.74 Å². The van der Waals surface area contributed by atoms with Crippen LogP contribution in [0.5, 0.6) is 5.75 Å². The van der Waals surface area contributed by atoms with E-state index in [9.17, 15) is 14.4 Å². The normalized spacial score (nSPS) is 17.3. The Balaban J connectivity index is 1.67. The quantitative estimate of drug-likeness (QED) is 0.100. The van der Waals surface area contributed by atoms with Gasteiger partial charge in [0.05, 0.1) is 5.41 Å². The lowest BCUT2D eigenvalue weighted by atomic mass is 9.75. The van der Waals surface area contributed by atoms with E-state index in [1.54, 1.807) is 31.2 Å². The lowest BCUT2D eigenvalue weighted by Crippen LogP contribution is -2.34. The SMILES string of the molecule is CCCCCCCC1(C(=O)Oc2ccc(C(=O)C(C)OC(=O)CCCC)cc2)C=CC(c2ccccc2)=CC1. The zero-order valence-electron chi connectivity index (χ0n) is 23.6. The van der Waals surface area contributed by atoms with Crippen LogP contribution in [-0.4, -0.2) is 23.8 Å². The molecule has 5 nitrogen and oxygen atoms in total. The lowest BCUT2D eigenvalue weighted by molar-refractivity contribution is -0.146. The standard InChI is InChI=1S/C34H42O5/c1-4-6-8-9-13-23-34(24-21-28(22-25-34)27-14-11-10-12-15-27)33(37)39-30-19-17-29(18-20-30)32(36)26(3)38-31(35)16-7-5-2/h10-12,14-15,17-22,24,26H,4-9,13,16,23,25H2,1-3H3. The maximum atomic E-state index is 13.6. The lowest BCUT2D eigenvalue weighted by Gasteiger charge is -2.30. The number of allylic oxidation sites excluding steroid dienone is 3. The molecule has 0 bridgehead atoms. The van der Waals surface area contributed by atoms with Crippen LogP contribution in [-0.2, 0) is 14.3 Å². The molecule has 2 unspecified atom stereocenters. The number of unbranched alkanes of at least 4 members (excludes halogenated alkanes) is 5. The van der Waals surface area contributed by atoms with Gasteiger partial charge in [0.2, 0.25) is 5.78 Å². The minimum atomic E-state index is -0.864. The molecule has 2 aromatic rings. The molecule has 208 valence electrons. The summed E-state index contributed by atoms with van der Waals surface area (Å²) in [5.41, 5.74) is 1.92. The largest absolute Gasteiger partial charge is 0.454 e. The zero-order valence-corrected chi connectivity index (χ0v) is 23.6. The van der Waals surface area contributed by atoms with Crippen molar-refractivity contribution >= 4 is 23.3 Å². The second-order valence-corrected chi connectivity index (χ2v) is 10.4. The van der Waals surface area contributed by atoms with Gasteiger partial charge < -0.3 is 9.47 Å². The molecule has 5 heteroatoms. The molecular weight excluding hydrogens is 488 g/mol. The summed E-state index contributed by atoms with van der Waals surface area (Å²) in [5.74, 6) is -0.543. The number of Topliss-reactive ketones (excluding diaryl/α,β-unsaturated/α-hetero) is 1. The van der Waals surface area contributed by atoms with Crippen molar-refractivity contribution in [3.05, 3.63) is 84.0 Å². The van der Waals surface area contributed by atoms with E-state index in [0.29, 0.717) is 24.2 Å². The first-order valence-electron chi connectivity index (χ1n) is 14.4. The maximum Gasteiger partial charge on any atom is 0.321 e. The summed E-state index contributed by atoms with van der Waals surface area (Å²) in [6.45, 7) is 5.77. The van der Waals surface area contributed by atoms with Crippen molar-refractivity contribution < 1.29 is 23.9 Å². The van der Waals surface area contributed by atoms with Crippen LogP contribution in [0.15, 0.2) is 72.8 Å². The molecule has 0 aliphatic heterocycles. The van der Waals surface area contributed by atoms with Crippen LogP contribution in [0.3, 0.4) is 0 Å². The molecule has 0 heterocycles. The highest BCUT2D eigenvalue weighted by Crippen LogP contribution is 2.39. The van der Waals surface area contributed by atoms with Crippen molar-refractivity contribution in [1.82, 2.24) is 0 Å². The number of ether oxygens (including phenoxy) is 2. The van der Waals surface area contributed by atoms with Crippen LogP contribution in [0.25, 0.3) is 5.57 Å². The predicted octanol–water partition coefficient (Wildman–Crippen LogP) is 8.29. The van der Waals surface area contributed by atoms with Gasteiger partial charge in [-0.1, -0.05) is 101 Å². The number of ketones is 1. The summed E-state index contributed by atoms with van der Waals surface area (Å²) < 4.78 is 11.1. The number of esters is 2. The average Bonchev–Trinajstić information content (AvgIpc) is 2.96. The summed E-state index contributed by atoms with van der Waals surface area (Å²) in [4.78, 5) is 38.2. The first kappa shape index (κ1) is 30.1. The van der Waals surface area contributed by atoms with E-state index in [1.165, 1.54) is 12.8 Å². The van der Waals surface area contributed by atoms with Crippen molar-refractivity contribution in [2.24, 2.45) is 5.41 Å². The topological polar surface area (TPSA) is 69.7 Å². The second-order valence-electron chi connectivity index (χ2n) is 10.4. The Bertz CT molecular complexity index is 1150. The zero-order chi connectivity index (χ0) is 28.1. The van der Waals surface area contributed by atoms with E-state index in [2.05, 4.69) is 25.1 Å². The molecule has 0 aromatic heterocycles. The average molecular weight is 531 g/mol. The number of benzene rings is 2. The van der Waals surface area contributed by atoms with Gasteiger partial charge in [0.15, 0.2) is 6.10 Å². The van der Waals surface area contributed by atoms with Gasteiger partial charge in [-0.25, -0.2) is 0 Å². The van der Waals surface area contributed by atoms with Gasteiger partial charge in [0, 0.05) is 12.0 Å². The van der Waals surface area contributed by atoms with Crippen LogP contribution >= 0.6 is 0 Å². The molecule has 2 aromatic carbocycles. The molecule has 0 radical (unpaired) electrons. The molecule has 0 N–H and O–H groups in total. The van der Waals surface area contributed by atoms with Gasteiger partial charge in [-0.2, -0.15) is 0 Å². The van der Waals surface area contributed by atoms with Crippen LogP contribution in [0.2, 0.25) is 0 Å². The van der Waals surface area contributed by atoms with E-state index in [-0.39, 0.29) is 17.7 Å². The maximum absolute atomic E-state index is 13.6. The highest BCUT2D eigenvalue weighted by atomic mass is 16.5. The first-order chi connectivity index (χ1) is 18.9. The van der Waals surface area contributed by atoms with Gasteiger partial charge in [-0.05, 0) is 61.6 Å². The minimum absolute atomic E-state index is 0.282. The molecule has 1 aliphatic rings. The van der Waals surface area contributed by atoms with E-state index in [0.717, 1.165) is 49.7 Å². The van der Waals surface area contributed by atoms with Crippen molar-refractivity contribution in [3.8, 4) is 5.75 Å². The van der Waals surface area contributed by atoms with Crippen molar-refractivity contribution in [3.63, 3.8) is 0 Å². The predicted molar refractivity (Wildman–Crippen MR) is 155 cm³/mol. The number of carbonyl (C=O) groups is 3.